The Balaban J connectivity index is 1.99. The second-order valence-electron chi connectivity index (χ2n) is 5.12. The van der Waals surface area contributed by atoms with E-state index >= 15 is 0 Å². The van der Waals surface area contributed by atoms with Crippen LogP contribution in [0, 0.1) is 11.8 Å². The number of aliphatic hydroxyl groups is 1. The average Bonchev–Trinajstić information content (AvgIpc) is 2.80. The van der Waals surface area contributed by atoms with Crippen molar-refractivity contribution in [3.8, 4) is 0 Å². The van der Waals surface area contributed by atoms with E-state index in [4.69, 9.17) is 9.26 Å². The molecular formula is C13H21O4P. The predicted octanol–water partition coefficient (Wildman–Crippen LogP) is 1.83. The van der Waals surface area contributed by atoms with E-state index in [1.807, 2.05) is 12.2 Å². The molecule has 5 heteroatoms. The van der Waals surface area contributed by atoms with Gasteiger partial charge in [-0.15, -0.1) is 0 Å². The van der Waals surface area contributed by atoms with E-state index < -0.39 is 6.10 Å². The summed E-state index contributed by atoms with van der Waals surface area (Å²) in [5.41, 5.74) is 0. The Labute approximate surface area is 110 Å². The molecular weight excluding hydrogens is 251 g/mol. The van der Waals surface area contributed by atoms with Crippen molar-refractivity contribution < 1.29 is 19.2 Å². The molecule has 1 heterocycles. The van der Waals surface area contributed by atoms with E-state index in [0.29, 0.717) is 12.8 Å². The first kappa shape index (κ1) is 14.0. The van der Waals surface area contributed by atoms with Gasteiger partial charge < -0.3 is 14.4 Å². The minimum atomic E-state index is -0.406. The maximum Gasteiger partial charge on any atom is 0.306 e. The molecule has 1 aliphatic heterocycles. The van der Waals surface area contributed by atoms with Crippen molar-refractivity contribution in [1.82, 2.24) is 0 Å². The summed E-state index contributed by atoms with van der Waals surface area (Å²) in [5.74, 6) is 0.0131. The Morgan fingerprint density at radius 1 is 1.67 bits per heavy atom. The minimum Gasteiger partial charge on any atom is -0.462 e. The summed E-state index contributed by atoms with van der Waals surface area (Å²) >= 11 is 0. The summed E-state index contributed by atoms with van der Waals surface area (Å²) < 4.78 is 10.5. The standard InChI is InChI=1S/C13H21O4P/c1-2-3-8(17-18)4-5-9-10-6-13(15)16-12(10)7-11(9)14/h4-5,8-12,14H,2-3,6-7,18H2,1H3/b5-4+/t8-,9-,10-,11-,12+/m1/s1. The van der Waals surface area contributed by atoms with Crippen LogP contribution in [0.15, 0.2) is 12.2 Å². The maximum absolute atomic E-state index is 11.2. The van der Waals surface area contributed by atoms with Crippen LogP contribution in [0.1, 0.15) is 32.6 Å². The van der Waals surface area contributed by atoms with Gasteiger partial charge in [-0.25, -0.2) is 0 Å². The number of fused-ring (bicyclic) bond motifs is 1. The maximum atomic E-state index is 11.2. The Kier molecular flexibility index (Phi) is 4.77. The molecule has 102 valence electrons. The van der Waals surface area contributed by atoms with Crippen molar-refractivity contribution >= 4 is 15.4 Å². The van der Waals surface area contributed by atoms with Gasteiger partial charge in [0.05, 0.1) is 18.6 Å². The van der Waals surface area contributed by atoms with Crippen LogP contribution in [0.4, 0.5) is 0 Å². The number of ether oxygens (including phenoxy) is 1. The summed E-state index contributed by atoms with van der Waals surface area (Å²) in [5, 5.41) is 10.0. The lowest BCUT2D eigenvalue weighted by atomic mass is 9.91. The lowest BCUT2D eigenvalue weighted by molar-refractivity contribution is -0.141. The van der Waals surface area contributed by atoms with Gasteiger partial charge >= 0.3 is 5.97 Å². The Morgan fingerprint density at radius 3 is 3.11 bits per heavy atom. The normalized spacial score (nSPS) is 36.9. The first-order chi connectivity index (χ1) is 8.65. The van der Waals surface area contributed by atoms with Crippen molar-refractivity contribution in [2.24, 2.45) is 11.8 Å². The number of carbonyl (C=O) groups excluding carboxylic acids is 1. The van der Waals surface area contributed by atoms with Gasteiger partial charge in [0.25, 0.3) is 0 Å². The molecule has 6 atom stereocenters. The smallest absolute Gasteiger partial charge is 0.306 e. The van der Waals surface area contributed by atoms with Crippen LogP contribution in [0.25, 0.3) is 0 Å². The third kappa shape index (κ3) is 2.93. The highest BCUT2D eigenvalue weighted by atomic mass is 31.0. The molecule has 0 radical (unpaired) electrons. The fraction of sp³-hybridized carbons (Fsp3) is 0.769. The van der Waals surface area contributed by atoms with Crippen molar-refractivity contribution in [2.45, 2.75) is 50.9 Å². The summed E-state index contributed by atoms with van der Waals surface area (Å²) in [6.07, 6.45) is 6.54. The molecule has 2 rings (SSSR count). The number of rotatable bonds is 5. The summed E-state index contributed by atoms with van der Waals surface area (Å²) in [6.45, 7) is 2.11. The molecule has 0 aromatic rings. The quantitative estimate of drug-likeness (QED) is 0.471. The number of esters is 1. The molecule has 1 saturated heterocycles. The van der Waals surface area contributed by atoms with Crippen LogP contribution in [-0.2, 0) is 14.1 Å². The zero-order valence-corrected chi connectivity index (χ0v) is 11.8. The second kappa shape index (κ2) is 6.14. The van der Waals surface area contributed by atoms with Crippen LogP contribution in [0.3, 0.4) is 0 Å². The summed E-state index contributed by atoms with van der Waals surface area (Å²) in [6, 6.07) is 0. The highest BCUT2D eigenvalue weighted by molar-refractivity contribution is 7.09. The Hall–Kier alpha value is -0.440. The van der Waals surface area contributed by atoms with Crippen molar-refractivity contribution in [2.75, 3.05) is 0 Å². The van der Waals surface area contributed by atoms with Crippen LogP contribution < -0.4 is 0 Å². The van der Waals surface area contributed by atoms with E-state index in [2.05, 4.69) is 16.4 Å². The average molecular weight is 272 g/mol. The van der Waals surface area contributed by atoms with Crippen LogP contribution >= 0.6 is 9.47 Å². The zero-order chi connectivity index (χ0) is 13.1. The molecule has 1 unspecified atom stereocenters. The Morgan fingerprint density at radius 2 is 2.44 bits per heavy atom. The molecule has 0 aromatic heterocycles. The topological polar surface area (TPSA) is 55.8 Å². The number of carbonyl (C=O) groups is 1. The highest BCUT2D eigenvalue weighted by Crippen LogP contribution is 2.42. The largest absolute Gasteiger partial charge is 0.462 e. The molecule has 2 fully saturated rings. The summed E-state index contributed by atoms with van der Waals surface area (Å²) in [4.78, 5) is 11.2. The van der Waals surface area contributed by atoms with Crippen molar-refractivity contribution in [1.29, 1.82) is 0 Å². The SMILES string of the molecule is CCC[C@H](/C=C/[C@@H]1[C@H]2CC(=O)O[C@H]2C[C@H]1O)OP. The lowest BCUT2D eigenvalue weighted by Gasteiger charge is -2.16. The molecule has 1 N–H and O–H groups in total. The molecule has 4 nitrogen and oxygen atoms in total. The first-order valence-corrected chi connectivity index (χ1v) is 7.04. The minimum absolute atomic E-state index is 0.0148. The number of aliphatic hydroxyl groups excluding tert-OH is 1. The van der Waals surface area contributed by atoms with Gasteiger partial charge in [-0.05, 0) is 6.42 Å². The second-order valence-corrected chi connectivity index (χ2v) is 5.40. The van der Waals surface area contributed by atoms with Crippen molar-refractivity contribution in [3.63, 3.8) is 0 Å². The van der Waals surface area contributed by atoms with E-state index in [1.54, 1.807) is 0 Å². The third-order valence-corrected chi connectivity index (χ3v) is 4.22. The number of hydrogen-bond donors (Lipinski definition) is 1. The lowest BCUT2D eigenvalue weighted by Crippen LogP contribution is -2.18. The van der Waals surface area contributed by atoms with Gasteiger partial charge in [0.1, 0.15) is 6.10 Å². The molecule has 0 spiro atoms. The van der Waals surface area contributed by atoms with Crippen LogP contribution in [0.5, 0.6) is 0 Å². The monoisotopic (exact) mass is 272 g/mol. The zero-order valence-electron chi connectivity index (χ0n) is 10.6. The van der Waals surface area contributed by atoms with E-state index in [0.717, 1.165) is 12.8 Å². The highest BCUT2D eigenvalue weighted by Gasteiger charge is 2.48. The van der Waals surface area contributed by atoms with Crippen LogP contribution in [0.2, 0.25) is 0 Å². The summed E-state index contributed by atoms with van der Waals surface area (Å²) in [7, 11) is 2.28. The van der Waals surface area contributed by atoms with Gasteiger partial charge in [0.2, 0.25) is 0 Å². The predicted molar refractivity (Wildman–Crippen MR) is 70.7 cm³/mol. The molecule has 2 aliphatic rings. The van der Waals surface area contributed by atoms with E-state index in [9.17, 15) is 9.90 Å². The number of hydrogen-bond acceptors (Lipinski definition) is 4. The van der Waals surface area contributed by atoms with Crippen LogP contribution in [-0.4, -0.2) is 29.4 Å². The fourth-order valence-corrected chi connectivity index (χ4v) is 3.16. The molecule has 0 bridgehead atoms. The molecule has 1 aliphatic carbocycles. The van der Waals surface area contributed by atoms with Gasteiger partial charge in [0, 0.05) is 27.7 Å². The van der Waals surface area contributed by atoms with Gasteiger partial charge in [-0.3, -0.25) is 4.79 Å². The van der Waals surface area contributed by atoms with Gasteiger partial charge in [-0.2, -0.15) is 0 Å². The van der Waals surface area contributed by atoms with Gasteiger partial charge in [-0.1, -0.05) is 25.5 Å². The molecule has 18 heavy (non-hydrogen) atoms. The fourth-order valence-electron chi connectivity index (χ4n) is 2.93. The first-order valence-electron chi connectivity index (χ1n) is 6.57. The van der Waals surface area contributed by atoms with E-state index in [-0.39, 0.29) is 30.0 Å². The van der Waals surface area contributed by atoms with Crippen molar-refractivity contribution in [3.05, 3.63) is 12.2 Å². The molecule has 1 saturated carbocycles. The molecule has 0 aromatic carbocycles. The van der Waals surface area contributed by atoms with Gasteiger partial charge in [0.15, 0.2) is 0 Å². The van der Waals surface area contributed by atoms with E-state index in [1.165, 1.54) is 0 Å². The third-order valence-electron chi connectivity index (χ3n) is 3.87. The molecule has 0 amide bonds. The Bertz CT molecular complexity index is 331.